The van der Waals surface area contributed by atoms with Crippen LogP contribution in [0.3, 0.4) is 0 Å². The Kier molecular flexibility index (Phi) is 7.48. The van der Waals surface area contributed by atoms with Crippen LogP contribution >= 0.6 is 0 Å². The van der Waals surface area contributed by atoms with E-state index in [9.17, 15) is 0 Å². The molecule has 1 aliphatic rings. The Balaban J connectivity index is 1.07. The van der Waals surface area contributed by atoms with Gasteiger partial charge in [0.2, 0.25) is 0 Å². The van der Waals surface area contributed by atoms with Gasteiger partial charge in [0.05, 0.1) is 11.2 Å². The summed E-state index contributed by atoms with van der Waals surface area (Å²) in [6.45, 7) is 4.64. The van der Waals surface area contributed by atoms with Crippen LogP contribution < -0.4 is 0 Å². The minimum absolute atomic E-state index is 0.117. The first-order valence-corrected chi connectivity index (χ1v) is 19.5. The number of rotatable bonds is 5. The van der Waals surface area contributed by atoms with Gasteiger partial charge in [-0.1, -0.05) is 166 Å². The molecule has 0 radical (unpaired) electrons. The van der Waals surface area contributed by atoms with Crippen LogP contribution in [0.15, 0.2) is 182 Å². The zero-order chi connectivity index (χ0) is 38.1. The second kappa shape index (κ2) is 12.9. The predicted octanol–water partition coefficient (Wildman–Crippen LogP) is 13.4. The van der Waals surface area contributed by atoms with Crippen LogP contribution in [-0.4, -0.2) is 19.9 Å². The van der Waals surface area contributed by atoms with Gasteiger partial charge in [-0.3, -0.25) is 0 Å². The summed E-state index contributed by atoms with van der Waals surface area (Å²) in [5.74, 6) is 1.91. The number of nitrogens with zero attached hydrogens (tertiary/aromatic N) is 4. The maximum absolute atomic E-state index is 5.29. The lowest BCUT2D eigenvalue weighted by atomic mass is 9.82. The van der Waals surface area contributed by atoms with Crippen LogP contribution in [0.5, 0.6) is 0 Å². The molecule has 11 rings (SSSR count). The number of benzene rings is 8. The maximum atomic E-state index is 5.29. The Hall–Kier alpha value is -7.30. The Morgan fingerprint density at radius 3 is 1.51 bits per heavy atom. The summed E-state index contributed by atoms with van der Waals surface area (Å²) in [6, 6.07) is 64.4. The molecule has 8 aromatic carbocycles. The SMILES string of the molecule is CC1(C)c2ccccc2-c2cc3c(-c4ccc(-c5nc(-c6ccc7ccccc7c6)nc(-c6ccc7ccccc7c6)n5)cc4)cc(-c4ccccc4)nc3cc21. The lowest BCUT2D eigenvalue weighted by molar-refractivity contribution is 0.661. The molecule has 0 saturated heterocycles. The van der Waals surface area contributed by atoms with Crippen molar-refractivity contribution in [1.82, 2.24) is 19.9 Å². The molecular formula is C53H36N4. The second-order valence-electron chi connectivity index (χ2n) is 15.5. The molecule has 4 nitrogen and oxygen atoms in total. The Bertz CT molecular complexity index is 3100. The smallest absolute Gasteiger partial charge is 0.164 e. The highest BCUT2D eigenvalue weighted by Gasteiger charge is 2.35. The van der Waals surface area contributed by atoms with Gasteiger partial charge in [0.1, 0.15) is 0 Å². The first kappa shape index (κ1) is 33.1. The highest BCUT2D eigenvalue weighted by Crippen LogP contribution is 2.50. The molecule has 57 heavy (non-hydrogen) atoms. The highest BCUT2D eigenvalue weighted by molar-refractivity contribution is 6.02. The number of hydrogen-bond acceptors (Lipinski definition) is 4. The van der Waals surface area contributed by atoms with E-state index in [4.69, 9.17) is 19.9 Å². The summed E-state index contributed by atoms with van der Waals surface area (Å²) in [6.07, 6.45) is 0. The van der Waals surface area contributed by atoms with Crippen LogP contribution in [-0.2, 0) is 5.41 Å². The number of pyridine rings is 1. The van der Waals surface area contributed by atoms with E-state index in [1.165, 1.54) is 33.0 Å². The van der Waals surface area contributed by atoms with E-state index in [0.717, 1.165) is 60.8 Å². The summed E-state index contributed by atoms with van der Waals surface area (Å²) < 4.78 is 0. The molecule has 0 spiro atoms. The summed E-state index contributed by atoms with van der Waals surface area (Å²) in [5, 5.41) is 5.78. The van der Waals surface area contributed by atoms with Gasteiger partial charge in [-0.15, -0.1) is 0 Å². The van der Waals surface area contributed by atoms with Gasteiger partial charge >= 0.3 is 0 Å². The monoisotopic (exact) mass is 728 g/mol. The third kappa shape index (κ3) is 5.60. The molecule has 0 aliphatic heterocycles. The van der Waals surface area contributed by atoms with Crippen molar-refractivity contribution >= 4 is 32.4 Å². The van der Waals surface area contributed by atoms with Crippen molar-refractivity contribution in [2.75, 3.05) is 0 Å². The van der Waals surface area contributed by atoms with Gasteiger partial charge in [0, 0.05) is 33.1 Å². The maximum Gasteiger partial charge on any atom is 0.164 e. The summed E-state index contributed by atoms with van der Waals surface area (Å²) >= 11 is 0. The van der Waals surface area contributed by atoms with Gasteiger partial charge in [-0.05, 0) is 85.3 Å². The van der Waals surface area contributed by atoms with Gasteiger partial charge in [0.15, 0.2) is 17.5 Å². The molecule has 10 aromatic rings. The molecule has 1 aliphatic carbocycles. The molecule has 4 heteroatoms. The fourth-order valence-corrected chi connectivity index (χ4v) is 8.64. The van der Waals surface area contributed by atoms with Gasteiger partial charge in [-0.2, -0.15) is 0 Å². The van der Waals surface area contributed by atoms with Gasteiger partial charge in [-0.25, -0.2) is 19.9 Å². The van der Waals surface area contributed by atoms with E-state index in [2.05, 4.69) is 196 Å². The van der Waals surface area contributed by atoms with E-state index in [1.54, 1.807) is 0 Å². The van der Waals surface area contributed by atoms with Gasteiger partial charge < -0.3 is 0 Å². The minimum atomic E-state index is -0.117. The van der Waals surface area contributed by atoms with Crippen molar-refractivity contribution in [3.8, 4) is 67.7 Å². The Morgan fingerprint density at radius 1 is 0.333 bits per heavy atom. The largest absolute Gasteiger partial charge is 0.248 e. The quantitative estimate of drug-likeness (QED) is 0.177. The normalized spacial score (nSPS) is 12.9. The third-order valence-corrected chi connectivity index (χ3v) is 11.7. The van der Waals surface area contributed by atoms with Crippen molar-refractivity contribution < 1.29 is 0 Å². The summed E-state index contributed by atoms with van der Waals surface area (Å²) in [7, 11) is 0. The lowest BCUT2D eigenvalue weighted by Crippen LogP contribution is -2.14. The molecular weight excluding hydrogens is 693 g/mol. The molecule has 0 saturated carbocycles. The third-order valence-electron chi connectivity index (χ3n) is 11.7. The fraction of sp³-hybridized carbons (Fsp3) is 0.0566. The minimum Gasteiger partial charge on any atom is -0.248 e. The van der Waals surface area contributed by atoms with Crippen molar-refractivity contribution in [2.45, 2.75) is 19.3 Å². The number of hydrogen-bond donors (Lipinski definition) is 0. The van der Waals surface area contributed by atoms with Crippen LogP contribution in [0.25, 0.3) is 100 Å². The van der Waals surface area contributed by atoms with Crippen LogP contribution in [0.2, 0.25) is 0 Å². The molecule has 2 heterocycles. The zero-order valence-electron chi connectivity index (χ0n) is 31.6. The van der Waals surface area contributed by atoms with E-state index < -0.39 is 0 Å². The van der Waals surface area contributed by atoms with Crippen LogP contribution in [0.1, 0.15) is 25.0 Å². The van der Waals surface area contributed by atoms with E-state index in [1.807, 2.05) is 0 Å². The van der Waals surface area contributed by atoms with Crippen LogP contribution in [0.4, 0.5) is 0 Å². The average molecular weight is 729 g/mol. The fourth-order valence-electron chi connectivity index (χ4n) is 8.64. The molecule has 0 fully saturated rings. The molecule has 0 bridgehead atoms. The summed E-state index contributed by atoms with van der Waals surface area (Å²) in [4.78, 5) is 20.6. The summed E-state index contributed by atoms with van der Waals surface area (Å²) in [5.41, 5.74) is 13.2. The lowest BCUT2D eigenvalue weighted by Gasteiger charge is -2.22. The Labute approximate surface area is 331 Å². The van der Waals surface area contributed by atoms with Crippen molar-refractivity contribution in [1.29, 1.82) is 0 Å². The standard InChI is InChI=1S/C53H36N4/c1-53(2)46-19-11-10-18-42(46)44-30-45-43(31-48(36-14-4-3-5-15-36)54-49(45)32-47(44)53)35-22-24-37(25-23-35)50-55-51(40-26-20-33-12-6-8-16-38(33)28-40)57-52(56-50)41-27-21-34-13-7-9-17-39(34)29-41/h3-32H,1-2H3. The molecule has 0 N–H and O–H groups in total. The first-order chi connectivity index (χ1) is 28.0. The molecule has 0 amide bonds. The molecule has 2 aromatic heterocycles. The van der Waals surface area contributed by atoms with Crippen molar-refractivity contribution in [3.63, 3.8) is 0 Å². The van der Waals surface area contributed by atoms with Crippen molar-refractivity contribution in [3.05, 3.63) is 193 Å². The molecule has 0 atom stereocenters. The number of fused-ring (bicyclic) bond motifs is 6. The van der Waals surface area contributed by atoms with E-state index in [0.29, 0.717) is 17.5 Å². The Morgan fingerprint density at radius 2 is 0.860 bits per heavy atom. The number of aromatic nitrogens is 4. The van der Waals surface area contributed by atoms with E-state index in [-0.39, 0.29) is 5.41 Å². The topological polar surface area (TPSA) is 51.6 Å². The zero-order valence-corrected chi connectivity index (χ0v) is 31.6. The molecule has 268 valence electrons. The molecule has 0 unspecified atom stereocenters. The van der Waals surface area contributed by atoms with Crippen molar-refractivity contribution in [2.24, 2.45) is 0 Å². The van der Waals surface area contributed by atoms with Crippen LogP contribution in [0, 0.1) is 0 Å². The predicted molar refractivity (Wildman–Crippen MR) is 235 cm³/mol. The van der Waals surface area contributed by atoms with Gasteiger partial charge in [0.25, 0.3) is 0 Å². The second-order valence-corrected chi connectivity index (χ2v) is 15.5. The average Bonchev–Trinajstić information content (AvgIpc) is 3.50. The van der Waals surface area contributed by atoms with E-state index >= 15 is 0 Å². The first-order valence-electron chi connectivity index (χ1n) is 19.5. The highest BCUT2D eigenvalue weighted by atomic mass is 15.0.